The molecule has 1 N–H and O–H groups in total. The Hall–Kier alpha value is -3.33. The molecule has 27 heavy (non-hydrogen) atoms. The Bertz CT molecular complexity index is 1070. The number of H-pyrrole nitrogens is 1. The number of halogens is 1. The van der Waals surface area contributed by atoms with E-state index in [1.165, 1.54) is 19.4 Å². The van der Waals surface area contributed by atoms with Gasteiger partial charge < -0.3 is 9.47 Å². The van der Waals surface area contributed by atoms with E-state index >= 15 is 0 Å². The minimum Gasteiger partial charge on any atom is -0.493 e. The summed E-state index contributed by atoms with van der Waals surface area (Å²) < 4.78 is 26.0. The van der Waals surface area contributed by atoms with E-state index in [0.717, 1.165) is 10.9 Å². The number of methoxy groups -OCH3 is 1. The number of aromatic amines is 1. The number of hydrogen-bond acceptors (Lipinski definition) is 6. The molecule has 0 spiro atoms. The molecule has 0 atom stereocenters. The molecule has 0 radical (unpaired) electrons. The van der Waals surface area contributed by atoms with Crippen molar-refractivity contribution >= 4 is 18.4 Å². The number of nitrogens with zero attached hydrogens (tertiary/aromatic N) is 3. The van der Waals surface area contributed by atoms with Crippen LogP contribution in [-0.4, -0.2) is 28.2 Å². The van der Waals surface area contributed by atoms with Crippen LogP contribution >= 0.6 is 12.2 Å². The van der Waals surface area contributed by atoms with Crippen molar-refractivity contribution in [2.45, 2.75) is 6.61 Å². The molecule has 9 heteroatoms. The van der Waals surface area contributed by atoms with E-state index in [-0.39, 0.29) is 17.2 Å². The fourth-order valence-corrected chi connectivity index (χ4v) is 2.48. The number of aromatic nitrogens is 3. The van der Waals surface area contributed by atoms with Gasteiger partial charge in [0.05, 0.1) is 13.3 Å². The summed E-state index contributed by atoms with van der Waals surface area (Å²) in [6, 6.07) is 11.5. The summed E-state index contributed by atoms with van der Waals surface area (Å²) in [7, 11) is 1.50. The number of hydrogen-bond donors (Lipinski definition) is 1. The summed E-state index contributed by atoms with van der Waals surface area (Å²) in [5, 5.41) is 10.2. The van der Waals surface area contributed by atoms with Crippen LogP contribution in [0.15, 0.2) is 58.6 Å². The van der Waals surface area contributed by atoms with Crippen molar-refractivity contribution in [3.63, 3.8) is 0 Å². The van der Waals surface area contributed by atoms with Crippen LogP contribution in [-0.2, 0) is 6.61 Å². The van der Waals surface area contributed by atoms with E-state index < -0.39 is 5.56 Å². The summed E-state index contributed by atoms with van der Waals surface area (Å²) in [5.41, 5.74) is 0.453. The number of para-hydroxylation sites is 1. The second kappa shape index (κ2) is 8.37. The third-order valence-electron chi connectivity index (χ3n) is 3.61. The smallest absolute Gasteiger partial charge is 0.293 e. The highest BCUT2D eigenvalue weighted by Crippen LogP contribution is 2.31. The molecular weight excluding hydrogens is 371 g/mol. The second-order valence-corrected chi connectivity index (χ2v) is 5.72. The molecule has 138 valence electrons. The molecule has 0 saturated heterocycles. The van der Waals surface area contributed by atoms with E-state index in [1.807, 2.05) is 0 Å². The van der Waals surface area contributed by atoms with Crippen molar-refractivity contribution in [3.8, 4) is 11.5 Å². The maximum absolute atomic E-state index is 13.8. The lowest BCUT2D eigenvalue weighted by atomic mass is 10.2. The Morgan fingerprint density at radius 1 is 1.30 bits per heavy atom. The van der Waals surface area contributed by atoms with Crippen LogP contribution < -0.4 is 15.0 Å². The fourth-order valence-electron chi connectivity index (χ4n) is 2.29. The molecule has 0 aliphatic rings. The Morgan fingerprint density at radius 3 is 2.85 bits per heavy atom. The van der Waals surface area contributed by atoms with Crippen molar-refractivity contribution in [2.24, 2.45) is 5.10 Å². The summed E-state index contributed by atoms with van der Waals surface area (Å²) in [4.78, 5) is 11.8. The minimum atomic E-state index is -0.480. The molecule has 1 aromatic heterocycles. The van der Waals surface area contributed by atoms with Crippen LogP contribution in [0.3, 0.4) is 0 Å². The fraction of sp³-hybridized carbons (Fsp3) is 0.111. The zero-order valence-electron chi connectivity index (χ0n) is 14.3. The predicted octanol–water partition coefficient (Wildman–Crippen LogP) is 2.91. The molecule has 7 nitrogen and oxygen atoms in total. The number of benzene rings is 2. The summed E-state index contributed by atoms with van der Waals surface area (Å²) in [6.07, 6.45) is 2.47. The lowest BCUT2D eigenvalue weighted by Crippen LogP contribution is -2.18. The van der Waals surface area contributed by atoms with Crippen molar-refractivity contribution in [2.75, 3.05) is 7.11 Å². The SMILES string of the molecule is COc1cccc(/C=N/n2c(=O)cn[nH]c2=S)c1OCc1ccccc1F. The molecule has 0 amide bonds. The maximum atomic E-state index is 13.8. The molecule has 0 bridgehead atoms. The zero-order valence-corrected chi connectivity index (χ0v) is 15.1. The van der Waals surface area contributed by atoms with Gasteiger partial charge in [-0.2, -0.15) is 14.9 Å². The van der Waals surface area contributed by atoms with Crippen LogP contribution in [0.4, 0.5) is 4.39 Å². The Morgan fingerprint density at radius 2 is 2.11 bits per heavy atom. The zero-order chi connectivity index (χ0) is 19.2. The Labute approximate surface area is 158 Å². The normalized spacial score (nSPS) is 10.9. The van der Waals surface area contributed by atoms with Crippen molar-refractivity contribution in [3.05, 3.63) is 80.7 Å². The van der Waals surface area contributed by atoms with Gasteiger partial charge in [0.15, 0.2) is 11.5 Å². The van der Waals surface area contributed by atoms with Gasteiger partial charge in [-0.25, -0.2) is 4.39 Å². The van der Waals surface area contributed by atoms with Gasteiger partial charge in [-0.05, 0) is 30.4 Å². The van der Waals surface area contributed by atoms with E-state index in [4.69, 9.17) is 21.7 Å². The van der Waals surface area contributed by atoms with Gasteiger partial charge in [0, 0.05) is 11.1 Å². The quantitative estimate of drug-likeness (QED) is 0.520. The van der Waals surface area contributed by atoms with Crippen molar-refractivity contribution in [1.29, 1.82) is 0 Å². The van der Waals surface area contributed by atoms with Crippen molar-refractivity contribution < 1.29 is 13.9 Å². The number of ether oxygens (including phenoxy) is 2. The number of rotatable bonds is 6. The van der Waals surface area contributed by atoms with Crippen LogP contribution in [0, 0.1) is 10.6 Å². The molecule has 0 aliphatic carbocycles. The van der Waals surface area contributed by atoms with Crippen molar-refractivity contribution in [1.82, 2.24) is 14.9 Å². The lowest BCUT2D eigenvalue weighted by Gasteiger charge is -2.13. The third kappa shape index (κ3) is 4.26. The topological polar surface area (TPSA) is 81.5 Å². The monoisotopic (exact) mass is 386 g/mol. The first-order valence-corrected chi connectivity index (χ1v) is 8.25. The first kappa shape index (κ1) is 18.5. The molecule has 3 rings (SSSR count). The van der Waals surface area contributed by atoms with E-state index in [2.05, 4.69) is 15.3 Å². The van der Waals surface area contributed by atoms with Gasteiger partial charge in [0.1, 0.15) is 18.6 Å². The van der Waals surface area contributed by atoms with Crippen LogP contribution in [0.5, 0.6) is 11.5 Å². The highest BCUT2D eigenvalue weighted by atomic mass is 32.1. The second-order valence-electron chi connectivity index (χ2n) is 5.33. The maximum Gasteiger partial charge on any atom is 0.293 e. The first-order valence-electron chi connectivity index (χ1n) is 7.84. The summed E-state index contributed by atoms with van der Waals surface area (Å²) in [5.74, 6) is 0.448. The van der Waals surface area contributed by atoms with Gasteiger partial charge in [-0.3, -0.25) is 9.89 Å². The average Bonchev–Trinajstić information content (AvgIpc) is 2.67. The molecule has 0 saturated carbocycles. The van der Waals surface area contributed by atoms with E-state index in [1.54, 1.807) is 36.4 Å². The summed E-state index contributed by atoms with van der Waals surface area (Å²) >= 11 is 5.00. The highest BCUT2D eigenvalue weighted by Gasteiger charge is 2.11. The molecule has 0 aliphatic heterocycles. The average molecular weight is 386 g/mol. The number of nitrogens with one attached hydrogen (secondary N) is 1. The van der Waals surface area contributed by atoms with Crippen LogP contribution in [0.2, 0.25) is 0 Å². The van der Waals surface area contributed by atoms with Gasteiger partial charge in [0.2, 0.25) is 4.77 Å². The lowest BCUT2D eigenvalue weighted by molar-refractivity contribution is 0.279. The van der Waals surface area contributed by atoms with Gasteiger partial charge in [-0.15, -0.1) is 0 Å². The molecule has 3 aromatic rings. The first-order chi connectivity index (χ1) is 13.1. The predicted molar refractivity (Wildman–Crippen MR) is 100 cm³/mol. The Balaban J connectivity index is 1.94. The standard InChI is InChI=1S/C18H15FN4O3S/c1-25-15-8-4-6-12(9-21-23-16(24)10-20-22-18(23)27)17(15)26-11-13-5-2-3-7-14(13)19/h2-10H,11H2,1H3,(H,22,27)/b21-9+. The molecular formula is C18H15FN4O3S. The minimum absolute atomic E-state index is 0.00313. The highest BCUT2D eigenvalue weighted by molar-refractivity contribution is 7.71. The van der Waals surface area contributed by atoms with E-state index in [0.29, 0.717) is 22.6 Å². The molecule has 0 unspecified atom stereocenters. The molecule has 2 aromatic carbocycles. The summed E-state index contributed by atoms with van der Waals surface area (Å²) in [6.45, 7) is 0.00313. The van der Waals surface area contributed by atoms with Crippen LogP contribution in [0.25, 0.3) is 0 Å². The Kier molecular flexibility index (Phi) is 5.72. The largest absolute Gasteiger partial charge is 0.493 e. The van der Waals surface area contributed by atoms with Gasteiger partial charge >= 0.3 is 0 Å². The van der Waals surface area contributed by atoms with Gasteiger partial charge in [0.25, 0.3) is 5.56 Å². The molecule has 0 fully saturated rings. The molecule has 1 heterocycles. The van der Waals surface area contributed by atoms with Crippen LogP contribution in [0.1, 0.15) is 11.1 Å². The van der Waals surface area contributed by atoms with E-state index in [9.17, 15) is 9.18 Å². The van der Waals surface area contributed by atoms with Gasteiger partial charge in [-0.1, -0.05) is 24.3 Å². The third-order valence-corrected chi connectivity index (χ3v) is 3.87.